The Kier molecular flexibility index (Phi) is 18.1. The van der Waals surface area contributed by atoms with Gasteiger partial charge in [0.2, 0.25) is 0 Å². The fraction of sp³-hybridized carbons (Fsp3) is 0.455. The van der Waals surface area contributed by atoms with Gasteiger partial charge in [-0.2, -0.15) is 0 Å². The van der Waals surface area contributed by atoms with E-state index < -0.39 is 0 Å². The van der Waals surface area contributed by atoms with Crippen LogP contribution >= 0.6 is 0 Å². The maximum absolute atomic E-state index is 3.62. The van der Waals surface area contributed by atoms with Crippen LogP contribution in [0.5, 0.6) is 0 Å². The molecule has 0 heteroatoms. The molecule has 0 radical (unpaired) electrons. The molecule has 0 saturated carbocycles. The Morgan fingerprint density at radius 1 is 0.545 bits per heavy atom. The fourth-order valence-electron chi connectivity index (χ4n) is 2.10. The second-order valence-electron chi connectivity index (χ2n) is 5.47. The molecule has 122 valence electrons. The van der Waals surface area contributed by atoms with Crippen molar-refractivity contribution in [2.24, 2.45) is 0 Å². The second-order valence-corrected chi connectivity index (χ2v) is 5.47. The molecule has 0 aromatic rings. The highest BCUT2D eigenvalue weighted by molar-refractivity contribution is 5.18. The minimum atomic E-state index is 1.20. The first-order valence-corrected chi connectivity index (χ1v) is 8.86. The number of allylic oxidation sites excluding steroid dienone is 11. The molecule has 0 atom stereocenters. The molecule has 0 unspecified atom stereocenters. The molecule has 0 rings (SSSR count). The van der Waals surface area contributed by atoms with Crippen molar-refractivity contribution in [2.75, 3.05) is 0 Å². The van der Waals surface area contributed by atoms with Crippen molar-refractivity contribution in [3.05, 3.63) is 73.4 Å². The molecular weight excluding hydrogens is 264 g/mol. The van der Waals surface area contributed by atoms with Gasteiger partial charge in [0.1, 0.15) is 0 Å². The van der Waals surface area contributed by atoms with Gasteiger partial charge in [0.25, 0.3) is 0 Å². The summed E-state index contributed by atoms with van der Waals surface area (Å²) >= 11 is 0. The van der Waals surface area contributed by atoms with Crippen LogP contribution in [0.4, 0.5) is 0 Å². The van der Waals surface area contributed by atoms with E-state index >= 15 is 0 Å². The molecule has 0 fully saturated rings. The van der Waals surface area contributed by atoms with Crippen LogP contribution in [0.2, 0.25) is 0 Å². The summed E-state index contributed by atoms with van der Waals surface area (Å²) in [6, 6.07) is 0. The standard InChI is InChI=1S/C22H34/c1-3-5-7-9-11-13-15-17-19-21-22-20-18-16-14-12-10-8-6-4-2/h3,5,7,9,11,13,15,17,19,21-22H,1,4,6,8,10,12,14,16,18,20H2,2H3/b7-5-,11-9?,15-13?,19-17?,22-21?. The van der Waals surface area contributed by atoms with Crippen LogP contribution in [-0.2, 0) is 0 Å². The molecule has 0 amide bonds. The molecule has 0 heterocycles. The number of rotatable bonds is 14. The summed E-state index contributed by atoms with van der Waals surface area (Å²) in [5, 5.41) is 0. The summed E-state index contributed by atoms with van der Waals surface area (Å²) in [4.78, 5) is 0. The Labute approximate surface area is 138 Å². The van der Waals surface area contributed by atoms with Crippen molar-refractivity contribution >= 4 is 0 Å². The first kappa shape index (κ1) is 20.4. The fourth-order valence-corrected chi connectivity index (χ4v) is 2.10. The minimum Gasteiger partial charge on any atom is -0.0991 e. The largest absolute Gasteiger partial charge is 0.0991 e. The Morgan fingerprint density at radius 3 is 1.55 bits per heavy atom. The summed E-state index contributed by atoms with van der Waals surface area (Å²) in [6.07, 6.45) is 34.6. The molecular formula is C22H34. The predicted octanol–water partition coefficient (Wildman–Crippen LogP) is 7.48. The van der Waals surface area contributed by atoms with E-state index in [0.717, 1.165) is 0 Å². The second kappa shape index (κ2) is 19.4. The highest BCUT2D eigenvalue weighted by atomic mass is 14.0. The van der Waals surface area contributed by atoms with Gasteiger partial charge in [0.15, 0.2) is 0 Å². The van der Waals surface area contributed by atoms with E-state index in [0.29, 0.717) is 0 Å². The molecule has 0 saturated heterocycles. The molecule has 22 heavy (non-hydrogen) atoms. The summed E-state index contributed by atoms with van der Waals surface area (Å²) in [7, 11) is 0. The van der Waals surface area contributed by atoms with Crippen molar-refractivity contribution in [3.8, 4) is 0 Å². The quantitative estimate of drug-likeness (QED) is 0.230. The Balaban J connectivity index is 3.41. The Bertz CT molecular complexity index is 363. The SMILES string of the molecule is C=C/C=C\C=CC=CC=CC=CCCCCCCCCCC. The highest BCUT2D eigenvalue weighted by Crippen LogP contribution is 2.09. The summed E-state index contributed by atoms with van der Waals surface area (Å²) in [5.41, 5.74) is 0. The van der Waals surface area contributed by atoms with Crippen LogP contribution in [0, 0.1) is 0 Å². The van der Waals surface area contributed by atoms with E-state index in [1.54, 1.807) is 6.08 Å². The van der Waals surface area contributed by atoms with Crippen molar-refractivity contribution in [3.63, 3.8) is 0 Å². The van der Waals surface area contributed by atoms with E-state index in [2.05, 4.69) is 37.8 Å². The smallest absolute Gasteiger partial charge is 0.0348 e. The lowest BCUT2D eigenvalue weighted by Gasteiger charge is -1.99. The summed E-state index contributed by atoms with van der Waals surface area (Å²) < 4.78 is 0. The van der Waals surface area contributed by atoms with Crippen LogP contribution < -0.4 is 0 Å². The number of unbranched alkanes of at least 4 members (excludes halogenated alkanes) is 8. The van der Waals surface area contributed by atoms with Gasteiger partial charge in [-0.3, -0.25) is 0 Å². The van der Waals surface area contributed by atoms with Gasteiger partial charge in [0, 0.05) is 0 Å². The third-order valence-corrected chi connectivity index (χ3v) is 3.39. The van der Waals surface area contributed by atoms with Crippen LogP contribution in [0.25, 0.3) is 0 Å². The van der Waals surface area contributed by atoms with Crippen molar-refractivity contribution in [2.45, 2.75) is 64.7 Å². The first-order chi connectivity index (χ1) is 10.9. The maximum atomic E-state index is 3.62. The maximum Gasteiger partial charge on any atom is -0.0348 e. The van der Waals surface area contributed by atoms with Gasteiger partial charge >= 0.3 is 0 Å². The van der Waals surface area contributed by atoms with Gasteiger partial charge in [-0.25, -0.2) is 0 Å². The molecule has 0 N–H and O–H groups in total. The van der Waals surface area contributed by atoms with Gasteiger partial charge in [-0.1, -0.05) is 125 Å². The number of hydrogen-bond donors (Lipinski definition) is 0. The molecule has 0 aliphatic rings. The molecule has 0 spiro atoms. The van der Waals surface area contributed by atoms with E-state index in [1.807, 2.05) is 36.5 Å². The van der Waals surface area contributed by atoms with Gasteiger partial charge in [0.05, 0.1) is 0 Å². The Hall–Kier alpha value is -1.56. The molecule has 0 aromatic heterocycles. The third kappa shape index (κ3) is 18.4. The normalized spacial score (nSPS) is 12.8. The van der Waals surface area contributed by atoms with Crippen LogP contribution in [-0.4, -0.2) is 0 Å². The lowest BCUT2D eigenvalue weighted by molar-refractivity contribution is 0.577. The van der Waals surface area contributed by atoms with Crippen molar-refractivity contribution < 1.29 is 0 Å². The van der Waals surface area contributed by atoms with Gasteiger partial charge < -0.3 is 0 Å². The first-order valence-electron chi connectivity index (χ1n) is 8.86. The molecule has 0 nitrogen and oxygen atoms in total. The van der Waals surface area contributed by atoms with Gasteiger partial charge in [-0.15, -0.1) is 0 Å². The van der Waals surface area contributed by atoms with E-state index in [9.17, 15) is 0 Å². The zero-order chi connectivity index (χ0) is 16.1. The Morgan fingerprint density at radius 2 is 1.00 bits per heavy atom. The van der Waals surface area contributed by atoms with E-state index in [1.165, 1.54) is 57.8 Å². The highest BCUT2D eigenvalue weighted by Gasteiger charge is 1.89. The summed E-state index contributed by atoms with van der Waals surface area (Å²) in [5.74, 6) is 0. The molecule has 0 aliphatic carbocycles. The number of hydrogen-bond acceptors (Lipinski definition) is 0. The zero-order valence-corrected chi connectivity index (χ0v) is 14.4. The minimum absolute atomic E-state index is 1.20. The van der Waals surface area contributed by atoms with Crippen molar-refractivity contribution in [1.82, 2.24) is 0 Å². The lowest BCUT2D eigenvalue weighted by Crippen LogP contribution is -1.79. The zero-order valence-electron chi connectivity index (χ0n) is 14.4. The summed E-state index contributed by atoms with van der Waals surface area (Å²) in [6.45, 7) is 5.89. The monoisotopic (exact) mass is 298 g/mol. The van der Waals surface area contributed by atoms with Crippen molar-refractivity contribution in [1.29, 1.82) is 0 Å². The van der Waals surface area contributed by atoms with Crippen LogP contribution in [0.1, 0.15) is 64.7 Å². The van der Waals surface area contributed by atoms with E-state index in [-0.39, 0.29) is 0 Å². The molecule has 0 aliphatic heterocycles. The van der Waals surface area contributed by atoms with E-state index in [4.69, 9.17) is 0 Å². The third-order valence-electron chi connectivity index (χ3n) is 3.39. The molecule has 0 bridgehead atoms. The predicted molar refractivity (Wildman–Crippen MR) is 103 cm³/mol. The molecule has 0 aromatic carbocycles. The van der Waals surface area contributed by atoms with Crippen LogP contribution in [0.15, 0.2) is 73.4 Å². The lowest BCUT2D eigenvalue weighted by atomic mass is 10.1. The average Bonchev–Trinajstić information content (AvgIpc) is 2.54. The van der Waals surface area contributed by atoms with Crippen LogP contribution in [0.3, 0.4) is 0 Å². The topological polar surface area (TPSA) is 0 Å². The van der Waals surface area contributed by atoms with Gasteiger partial charge in [-0.05, 0) is 12.8 Å². The average molecular weight is 299 g/mol.